The lowest BCUT2D eigenvalue weighted by Gasteiger charge is -2.29. The van der Waals surface area contributed by atoms with Crippen molar-refractivity contribution in [1.82, 2.24) is 10.2 Å². The van der Waals surface area contributed by atoms with Gasteiger partial charge >= 0.3 is 6.03 Å². The summed E-state index contributed by atoms with van der Waals surface area (Å²) in [5.41, 5.74) is 7.94. The highest BCUT2D eigenvalue weighted by atomic mass is 35.5. The molecule has 0 spiro atoms. The van der Waals surface area contributed by atoms with Gasteiger partial charge in [0.25, 0.3) is 5.91 Å². The third-order valence-corrected chi connectivity index (χ3v) is 6.23. The number of hydrogen-bond acceptors (Lipinski definition) is 5. The van der Waals surface area contributed by atoms with Crippen LogP contribution >= 0.6 is 11.6 Å². The lowest BCUT2D eigenvalue weighted by atomic mass is 10.1. The minimum Gasteiger partial charge on any atom is -0.380 e. The number of nitrogens with two attached hydrogens (primary N) is 1. The molecule has 4 amide bonds. The van der Waals surface area contributed by atoms with E-state index in [1.165, 1.54) is 0 Å². The van der Waals surface area contributed by atoms with Crippen LogP contribution in [0.2, 0.25) is 5.02 Å². The first-order chi connectivity index (χ1) is 16.7. The summed E-state index contributed by atoms with van der Waals surface area (Å²) < 4.78 is 5.41. The molecule has 2 aromatic carbocycles. The fraction of sp³-hybridized carbons (Fsp3) is 0.400. The van der Waals surface area contributed by atoms with E-state index in [-0.39, 0.29) is 31.6 Å². The van der Waals surface area contributed by atoms with E-state index in [4.69, 9.17) is 22.1 Å². The van der Waals surface area contributed by atoms with E-state index in [9.17, 15) is 14.4 Å². The number of para-hydroxylation sites is 1. The van der Waals surface area contributed by atoms with Crippen LogP contribution < -0.4 is 20.9 Å². The Morgan fingerprint density at radius 2 is 1.97 bits per heavy atom. The van der Waals surface area contributed by atoms with Crippen LogP contribution in [-0.2, 0) is 16.1 Å². The Bertz CT molecular complexity index is 1080. The highest BCUT2D eigenvalue weighted by Gasteiger charge is 2.32. The van der Waals surface area contributed by atoms with Crippen molar-refractivity contribution in [1.29, 1.82) is 0 Å². The molecule has 188 valence electrons. The summed E-state index contributed by atoms with van der Waals surface area (Å²) in [6.45, 7) is 6.03. The number of hydrogen-bond donors (Lipinski definition) is 2. The topological polar surface area (TPSA) is 108 Å². The molecular weight excluding hydrogens is 470 g/mol. The van der Waals surface area contributed by atoms with E-state index < -0.39 is 11.9 Å². The maximum atomic E-state index is 13.7. The number of likely N-dealkylation sites (N-methyl/N-ethyl adjacent to an activating group) is 1. The second-order valence-electron chi connectivity index (χ2n) is 8.43. The Morgan fingerprint density at radius 3 is 2.66 bits per heavy atom. The molecule has 0 fully saturated rings. The molecule has 9 nitrogen and oxygen atoms in total. The predicted molar refractivity (Wildman–Crippen MR) is 137 cm³/mol. The molecular formula is C25H32ClN5O4. The van der Waals surface area contributed by atoms with Gasteiger partial charge in [-0.3, -0.25) is 9.59 Å². The Morgan fingerprint density at radius 1 is 1.23 bits per heavy atom. The third-order valence-electron chi connectivity index (χ3n) is 5.92. The molecule has 0 saturated carbocycles. The number of benzene rings is 2. The second kappa shape index (κ2) is 11.9. The van der Waals surface area contributed by atoms with Crippen LogP contribution in [-0.4, -0.2) is 68.7 Å². The largest absolute Gasteiger partial charge is 0.380 e. The van der Waals surface area contributed by atoms with Crippen molar-refractivity contribution in [3.05, 3.63) is 58.6 Å². The fourth-order valence-corrected chi connectivity index (χ4v) is 4.23. The molecule has 1 heterocycles. The zero-order chi connectivity index (χ0) is 25.5. The minimum atomic E-state index is -0.625. The zero-order valence-electron chi connectivity index (χ0n) is 20.3. The molecule has 10 heteroatoms. The molecule has 1 aliphatic rings. The van der Waals surface area contributed by atoms with Crippen LogP contribution in [0.1, 0.15) is 29.8 Å². The summed E-state index contributed by atoms with van der Waals surface area (Å²) in [7, 11) is 1.94. The maximum Gasteiger partial charge on any atom is 0.318 e. The smallest absolute Gasteiger partial charge is 0.318 e. The zero-order valence-corrected chi connectivity index (χ0v) is 21.0. The monoisotopic (exact) mass is 501 g/mol. The van der Waals surface area contributed by atoms with Gasteiger partial charge in [0, 0.05) is 50.7 Å². The molecule has 0 aromatic heterocycles. The number of nitrogens with one attached hydrogen (secondary N) is 1. The van der Waals surface area contributed by atoms with E-state index in [0.717, 1.165) is 11.3 Å². The number of rotatable bonds is 8. The van der Waals surface area contributed by atoms with E-state index >= 15 is 0 Å². The van der Waals surface area contributed by atoms with Crippen LogP contribution in [0.3, 0.4) is 0 Å². The van der Waals surface area contributed by atoms with Gasteiger partial charge in [-0.2, -0.15) is 0 Å². The van der Waals surface area contributed by atoms with Gasteiger partial charge in [0.1, 0.15) is 0 Å². The Labute approximate surface area is 210 Å². The average molecular weight is 502 g/mol. The van der Waals surface area contributed by atoms with E-state index in [1.54, 1.807) is 21.9 Å². The fourth-order valence-electron chi connectivity index (χ4n) is 3.97. The minimum absolute atomic E-state index is 0.253. The summed E-state index contributed by atoms with van der Waals surface area (Å²) in [6.07, 6.45) is 0. The normalized spacial score (nSPS) is 15.3. The molecule has 3 rings (SSSR count). The predicted octanol–water partition coefficient (Wildman–Crippen LogP) is 2.86. The number of carbonyl (C=O) groups excluding carboxylic acids is 3. The van der Waals surface area contributed by atoms with Crippen LogP contribution in [0.5, 0.6) is 0 Å². The Hall–Kier alpha value is -3.30. The van der Waals surface area contributed by atoms with Crippen LogP contribution in [0.25, 0.3) is 0 Å². The molecule has 3 N–H and O–H groups in total. The molecule has 1 atom stereocenters. The van der Waals surface area contributed by atoms with Crippen LogP contribution in [0.4, 0.5) is 16.2 Å². The number of carbonyl (C=O) groups is 3. The standard InChI is InChI=1S/C25H32ClN5O4/c1-4-35-12-11-29(3)19-9-10-20(21(26)13-19)24(33)31-15-17(2)30(25(34)28-14-23(27)32)16-18-7-5-6-8-22(18)31/h5-10,13,17H,4,11-12,14-16H2,1-3H3,(H2,27,32)(H,28,34)/t17-/m1/s1. The Kier molecular flexibility index (Phi) is 8.95. The summed E-state index contributed by atoms with van der Waals surface area (Å²) in [6, 6.07) is 12.1. The third kappa shape index (κ3) is 6.43. The molecule has 0 bridgehead atoms. The molecule has 0 radical (unpaired) electrons. The van der Waals surface area contributed by atoms with Crippen molar-refractivity contribution in [3.63, 3.8) is 0 Å². The molecule has 1 aliphatic heterocycles. The number of ether oxygens (including phenoxy) is 1. The second-order valence-corrected chi connectivity index (χ2v) is 8.84. The summed E-state index contributed by atoms with van der Waals surface area (Å²) in [4.78, 5) is 42.8. The van der Waals surface area contributed by atoms with Gasteiger partial charge in [-0.25, -0.2) is 4.79 Å². The quantitative estimate of drug-likeness (QED) is 0.541. The van der Waals surface area contributed by atoms with Crippen molar-refractivity contribution in [2.75, 3.05) is 49.7 Å². The van der Waals surface area contributed by atoms with E-state index in [1.807, 2.05) is 56.1 Å². The first kappa shape index (κ1) is 26.3. The first-order valence-corrected chi connectivity index (χ1v) is 11.9. The number of urea groups is 1. The molecule has 0 saturated heterocycles. The van der Waals surface area contributed by atoms with Gasteiger partial charge < -0.3 is 30.5 Å². The van der Waals surface area contributed by atoms with E-state index in [2.05, 4.69) is 5.32 Å². The number of halogens is 1. The maximum absolute atomic E-state index is 13.7. The number of amides is 4. The number of nitrogens with zero attached hydrogens (tertiary/aromatic N) is 3. The van der Waals surface area contributed by atoms with Gasteiger partial charge in [-0.1, -0.05) is 29.8 Å². The summed E-state index contributed by atoms with van der Waals surface area (Å²) in [5, 5.41) is 2.88. The van der Waals surface area contributed by atoms with Gasteiger partial charge in [0.05, 0.1) is 23.7 Å². The average Bonchev–Trinajstić information content (AvgIpc) is 2.98. The van der Waals surface area contributed by atoms with Gasteiger partial charge in [0.2, 0.25) is 5.91 Å². The Balaban J connectivity index is 1.85. The van der Waals surface area contributed by atoms with Crippen molar-refractivity contribution in [2.45, 2.75) is 26.4 Å². The number of primary amides is 1. The first-order valence-electron chi connectivity index (χ1n) is 11.5. The summed E-state index contributed by atoms with van der Waals surface area (Å²) in [5.74, 6) is -0.878. The molecule has 35 heavy (non-hydrogen) atoms. The van der Waals surface area contributed by atoms with Gasteiger partial charge in [-0.05, 0) is 43.7 Å². The van der Waals surface area contributed by atoms with Crippen molar-refractivity contribution in [2.24, 2.45) is 5.73 Å². The number of anilines is 2. The van der Waals surface area contributed by atoms with Crippen LogP contribution in [0.15, 0.2) is 42.5 Å². The van der Waals surface area contributed by atoms with Gasteiger partial charge in [0.15, 0.2) is 0 Å². The molecule has 0 unspecified atom stereocenters. The lowest BCUT2D eigenvalue weighted by molar-refractivity contribution is -0.117. The lowest BCUT2D eigenvalue weighted by Crippen LogP contribution is -2.49. The highest BCUT2D eigenvalue weighted by Crippen LogP contribution is 2.31. The number of fused-ring (bicyclic) bond motifs is 1. The van der Waals surface area contributed by atoms with Crippen molar-refractivity contribution in [3.8, 4) is 0 Å². The van der Waals surface area contributed by atoms with Gasteiger partial charge in [-0.15, -0.1) is 0 Å². The van der Waals surface area contributed by atoms with Crippen molar-refractivity contribution < 1.29 is 19.1 Å². The molecule has 2 aromatic rings. The van der Waals surface area contributed by atoms with Crippen LogP contribution in [0, 0.1) is 0 Å². The van der Waals surface area contributed by atoms with E-state index in [0.29, 0.717) is 36.0 Å². The summed E-state index contributed by atoms with van der Waals surface area (Å²) >= 11 is 6.58. The SMILES string of the molecule is CCOCCN(C)c1ccc(C(=O)N2C[C@@H](C)N(C(=O)NCC(N)=O)Cc3ccccc32)c(Cl)c1. The molecule has 0 aliphatic carbocycles. The van der Waals surface area contributed by atoms with Crippen molar-refractivity contribution >= 4 is 40.8 Å². The highest BCUT2D eigenvalue weighted by molar-refractivity contribution is 6.34.